The molecule has 3 heteroatoms. The summed E-state index contributed by atoms with van der Waals surface area (Å²) in [5.74, 6) is 0. The van der Waals surface area contributed by atoms with Crippen LogP contribution in [0.15, 0.2) is 41.8 Å². The van der Waals surface area contributed by atoms with Gasteiger partial charge in [0, 0.05) is 24.6 Å². The topological polar surface area (TPSA) is 32.3 Å². The van der Waals surface area contributed by atoms with E-state index in [0.717, 1.165) is 19.5 Å². The summed E-state index contributed by atoms with van der Waals surface area (Å²) >= 11 is 1.80. The largest absolute Gasteiger partial charge is 0.396 e. The highest BCUT2D eigenvalue weighted by Gasteiger charge is 2.16. The Morgan fingerprint density at radius 1 is 1.15 bits per heavy atom. The van der Waals surface area contributed by atoms with Crippen molar-refractivity contribution in [1.29, 1.82) is 0 Å². The van der Waals surface area contributed by atoms with Gasteiger partial charge in [-0.2, -0.15) is 0 Å². The van der Waals surface area contributed by atoms with Crippen LogP contribution in [0.5, 0.6) is 0 Å². The molecule has 2 aromatic rings. The lowest BCUT2D eigenvalue weighted by Crippen LogP contribution is -2.29. The van der Waals surface area contributed by atoms with Crippen LogP contribution in [0.25, 0.3) is 11.1 Å². The molecule has 1 aromatic heterocycles. The summed E-state index contributed by atoms with van der Waals surface area (Å²) in [6.45, 7) is 6.43. The van der Waals surface area contributed by atoms with Crippen molar-refractivity contribution in [1.82, 2.24) is 5.32 Å². The van der Waals surface area contributed by atoms with E-state index in [-0.39, 0.29) is 12.0 Å². The molecule has 1 heterocycles. The summed E-state index contributed by atoms with van der Waals surface area (Å²) in [5.41, 5.74) is 2.71. The predicted octanol–water partition coefficient (Wildman–Crippen LogP) is 3.91. The van der Waals surface area contributed by atoms with E-state index < -0.39 is 0 Å². The van der Waals surface area contributed by atoms with Gasteiger partial charge in [0.25, 0.3) is 0 Å². The van der Waals surface area contributed by atoms with E-state index in [1.807, 2.05) is 6.07 Å². The Morgan fingerprint density at radius 3 is 2.60 bits per heavy atom. The Balaban J connectivity index is 1.88. The third kappa shape index (κ3) is 4.44. The Bertz CT molecular complexity index is 519. The normalized spacial score (nSPS) is 11.8. The number of aliphatic hydroxyl groups excluding tert-OH is 1. The molecule has 0 spiro atoms. The number of benzene rings is 1. The average Bonchev–Trinajstić information content (AvgIpc) is 2.88. The van der Waals surface area contributed by atoms with Crippen molar-refractivity contribution in [3.05, 3.63) is 46.7 Å². The standard InChI is InChI=1S/C17H23NOS/c1-17(2,8-9-19)13-18-11-16-10-15(12-20-16)14-6-4-3-5-7-14/h3-7,10,12,18-19H,8-9,11,13H2,1-2H3. The molecule has 0 unspecified atom stereocenters. The summed E-state index contributed by atoms with van der Waals surface area (Å²) in [6, 6.07) is 12.7. The second-order valence-electron chi connectivity index (χ2n) is 5.91. The molecule has 0 aliphatic rings. The molecule has 0 aliphatic carbocycles. The molecule has 0 saturated heterocycles. The van der Waals surface area contributed by atoms with Crippen LogP contribution >= 0.6 is 11.3 Å². The molecule has 0 aliphatic heterocycles. The van der Waals surface area contributed by atoms with Crippen LogP contribution in [-0.4, -0.2) is 18.3 Å². The van der Waals surface area contributed by atoms with Gasteiger partial charge in [0.2, 0.25) is 0 Å². The highest BCUT2D eigenvalue weighted by molar-refractivity contribution is 7.10. The third-order valence-electron chi connectivity index (χ3n) is 3.45. The quantitative estimate of drug-likeness (QED) is 0.810. The molecule has 0 saturated carbocycles. The van der Waals surface area contributed by atoms with Crippen molar-refractivity contribution in [3.63, 3.8) is 0 Å². The van der Waals surface area contributed by atoms with Crippen molar-refractivity contribution < 1.29 is 5.11 Å². The van der Waals surface area contributed by atoms with Gasteiger partial charge >= 0.3 is 0 Å². The van der Waals surface area contributed by atoms with Gasteiger partial charge in [-0.1, -0.05) is 44.2 Å². The first-order valence-electron chi connectivity index (χ1n) is 7.05. The molecular weight excluding hydrogens is 266 g/mol. The van der Waals surface area contributed by atoms with Crippen LogP contribution in [0, 0.1) is 5.41 Å². The first kappa shape index (κ1) is 15.2. The summed E-state index contributed by atoms with van der Waals surface area (Å²) in [4.78, 5) is 1.35. The van der Waals surface area contributed by atoms with E-state index >= 15 is 0 Å². The van der Waals surface area contributed by atoms with Crippen molar-refractivity contribution in [2.75, 3.05) is 13.2 Å². The van der Waals surface area contributed by atoms with Gasteiger partial charge < -0.3 is 10.4 Å². The zero-order valence-corrected chi connectivity index (χ0v) is 13.0. The van der Waals surface area contributed by atoms with Gasteiger partial charge in [-0.25, -0.2) is 0 Å². The van der Waals surface area contributed by atoms with Crippen LogP contribution in [-0.2, 0) is 6.54 Å². The van der Waals surface area contributed by atoms with Gasteiger partial charge in [-0.3, -0.25) is 0 Å². The summed E-state index contributed by atoms with van der Waals surface area (Å²) in [5, 5.41) is 14.7. The highest BCUT2D eigenvalue weighted by atomic mass is 32.1. The zero-order valence-electron chi connectivity index (χ0n) is 12.2. The molecule has 20 heavy (non-hydrogen) atoms. The smallest absolute Gasteiger partial charge is 0.0436 e. The number of nitrogens with one attached hydrogen (secondary N) is 1. The Morgan fingerprint density at radius 2 is 1.90 bits per heavy atom. The Kier molecular flexibility index (Phi) is 5.35. The number of hydrogen-bond donors (Lipinski definition) is 2. The predicted molar refractivity (Wildman–Crippen MR) is 86.9 cm³/mol. The minimum atomic E-state index is 0.147. The summed E-state index contributed by atoms with van der Waals surface area (Å²) in [6.07, 6.45) is 0.833. The number of aliphatic hydroxyl groups is 1. The Hall–Kier alpha value is -1.16. The SMILES string of the molecule is CC(C)(CCO)CNCc1cc(-c2ccccc2)cs1. The van der Waals surface area contributed by atoms with Gasteiger partial charge in [0.15, 0.2) is 0 Å². The first-order valence-corrected chi connectivity index (χ1v) is 7.93. The lowest BCUT2D eigenvalue weighted by molar-refractivity contribution is 0.207. The molecule has 2 rings (SSSR count). The van der Waals surface area contributed by atoms with E-state index in [1.165, 1.54) is 16.0 Å². The highest BCUT2D eigenvalue weighted by Crippen LogP contribution is 2.25. The zero-order chi connectivity index (χ0) is 14.4. The first-order chi connectivity index (χ1) is 9.61. The Labute approximate surface area is 125 Å². The molecule has 0 fully saturated rings. The fourth-order valence-electron chi connectivity index (χ4n) is 2.17. The van der Waals surface area contributed by atoms with E-state index in [4.69, 9.17) is 5.11 Å². The minimum Gasteiger partial charge on any atom is -0.396 e. The molecule has 0 radical (unpaired) electrons. The second kappa shape index (κ2) is 7.02. The number of rotatable bonds is 7. The van der Waals surface area contributed by atoms with Crippen LogP contribution in [0.3, 0.4) is 0 Å². The number of thiophene rings is 1. The molecular formula is C17H23NOS. The second-order valence-corrected chi connectivity index (χ2v) is 6.90. The van der Waals surface area contributed by atoms with Crippen LogP contribution in [0.2, 0.25) is 0 Å². The monoisotopic (exact) mass is 289 g/mol. The maximum absolute atomic E-state index is 9.02. The lowest BCUT2D eigenvalue weighted by atomic mass is 9.90. The summed E-state index contributed by atoms with van der Waals surface area (Å²) < 4.78 is 0. The third-order valence-corrected chi connectivity index (χ3v) is 4.39. The molecule has 108 valence electrons. The maximum Gasteiger partial charge on any atom is 0.0436 e. The van der Waals surface area contributed by atoms with Gasteiger partial charge in [0.05, 0.1) is 0 Å². The van der Waals surface area contributed by atoms with Gasteiger partial charge in [0.1, 0.15) is 0 Å². The van der Waals surface area contributed by atoms with Crippen molar-refractivity contribution >= 4 is 11.3 Å². The van der Waals surface area contributed by atoms with E-state index in [2.05, 4.69) is 54.9 Å². The van der Waals surface area contributed by atoms with E-state index in [9.17, 15) is 0 Å². The van der Waals surface area contributed by atoms with Crippen molar-refractivity contribution in [3.8, 4) is 11.1 Å². The van der Waals surface area contributed by atoms with Crippen molar-refractivity contribution in [2.24, 2.45) is 5.41 Å². The fraction of sp³-hybridized carbons (Fsp3) is 0.412. The van der Waals surface area contributed by atoms with E-state index in [1.54, 1.807) is 11.3 Å². The van der Waals surface area contributed by atoms with E-state index in [0.29, 0.717) is 0 Å². The van der Waals surface area contributed by atoms with Crippen LogP contribution < -0.4 is 5.32 Å². The fourth-order valence-corrected chi connectivity index (χ4v) is 3.03. The lowest BCUT2D eigenvalue weighted by Gasteiger charge is -2.23. The maximum atomic E-state index is 9.02. The summed E-state index contributed by atoms with van der Waals surface area (Å²) in [7, 11) is 0. The molecule has 2 nitrogen and oxygen atoms in total. The van der Waals surface area contributed by atoms with Gasteiger partial charge in [-0.15, -0.1) is 11.3 Å². The van der Waals surface area contributed by atoms with Crippen LogP contribution in [0.1, 0.15) is 25.1 Å². The molecule has 0 amide bonds. The average molecular weight is 289 g/mol. The number of hydrogen-bond acceptors (Lipinski definition) is 3. The van der Waals surface area contributed by atoms with Gasteiger partial charge in [-0.05, 0) is 34.4 Å². The molecule has 0 atom stereocenters. The molecule has 2 N–H and O–H groups in total. The molecule has 1 aromatic carbocycles. The van der Waals surface area contributed by atoms with Crippen molar-refractivity contribution in [2.45, 2.75) is 26.8 Å². The molecule has 0 bridgehead atoms. The van der Waals surface area contributed by atoms with Crippen LogP contribution in [0.4, 0.5) is 0 Å². The minimum absolute atomic E-state index is 0.147.